The predicted octanol–water partition coefficient (Wildman–Crippen LogP) is 2.94. The highest BCUT2D eigenvalue weighted by atomic mass is 16.7. The van der Waals surface area contributed by atoms with Gasteiger partial charge in [0.25, 0.3) is 0 Å². The quantitative estimate of drug-likeness (QED) is 0.468. The second-order valence-corrected chi connectivity index (χ2v) is 8.96. The van der Waals surface area contributed by atoms with Crippen molar-refractivity contribution in [3.63, 3.8) is 0 Å². The van der Waals surface area contributed by atoms with Crippen molar-refractivity contribution in [1.82, 2.24) is 9.80 Å². The zero-order chi connectivity index (χ0) is 24.9. The minimum Gasteiger partial charge on any atom is -0.444 e. The van der Waals surface area contributed by atoms with Crippen molar-refractivity contribution in [3.05, 3.63) is 29.8 Å². The lowest BCUT2D eigenvalue weighted by Crippen LogP contribution is -2.58. The van der Waals surface area contributed by atoms with Crippen molar-refractivity contribution >= 4 is 24.0 Å². The first-order valence-corrected chi connectivity index (χ1v) is 11.1. The molecule has 0 N–H and O–H groups in total. The number of nitrogens with zero attached hydrogens (tertiary/aromatic N) is 4. The van der Waals surface area contributed by atoms with Crippen LogP contribution in [0.5, 0.6) is 0 Å². The smallest absolute Gasteiger partial charge is 0.444 e. The molecule has 3 rings (SSSR count). The Morgan fingerprint density at radius 1 is 1.18 bits per heavy atom. The molecule has 2 fully saturated rings. The van der Waals surface area contributed by atoms with E-state index >= 15 is 0 Å². The van der Waals surface area contributed by atoms with Crippen LogP contribution in [0.2, 0.25) is 0 Å². The molecule has 0 radical (unpaired) electrons. The molecule has 1 aromatic rings. The molecule has 0 saturated carbocycles. The maximum absolute atomic E-state index is 12.7. The maximum Gasteiger partial charge on any atom is 0.510 e. The summed E-state index contributed by atoms with van der Waals surface area (Å²) < 4.78 is 21.2. The minimum absolute atomic E-state index is 0.144. The van der Waals surface area contributed by atoms with Gasteiger partial charge in [-0.2, -0.15) is 5.26 Å². The highest BCUT2D eigenvalue weighted by Crippen LogP contribution is 2.24. The number of carbonyl (C=O) groups excluding carboxylic acids is 3. The molecule has 2 amide bonds. The van der Waals surface area contributed by atoms with Gasteiger partial charge in [0.15, 0.2) is 6.23 Å². The molecule has 2 aliphatic rings. The number of nitriles is 1. The Bertz CT molecular complexity index is 938. The fraction of sp³-hybridized carbons (Fsp3) is 0.565. The van der Waals surface area contributed by atoms with Gasteiger partial charge in [0, 0.05) is 25.3 Å². The molecule has 2 saturated heterocycles. The fourth-order valence-electron chi connectivity index (χ4n) is 3.69. The summed E-state index contributed by atoms with van der Waals surface area (Å²) in [6.45, 7) is 8.76. The number of ether oxygens (including phenoxy) is 4. The summed E-state index contributed by atoms with van der Waals surface area (Å²) in [5.74, 6) is 0. The van der Waals surface area contributed by atoms with Gasteiger partial charge in [0.2, 0.25) is 0 Å². The summed E-state index contributed by atoms with van der Waals surface area (Å²) in [5.41, 5.74) is 0.448. The molecule has 0 aliphatic carbocycles. The van der Waals surface area contributed by atoms with Crippen LogP contribution in [0.3, 0.4) is 0 Å². The van der Waals surface area contributed by atoms with E-state index in [0.717, 1.165) is 0 Å². The first kappa shape index (κ1) is 25.1. The lowest BCUT2D eigenvalue weighted by Gasteiger charge is -2.40. The Morgan fingerprint density at radius 2 is 1.88 bits per heavy atom. The van der Waals surface area contributed by atoms with Crippen molar-refractivity contribution in [2.45, 2.75) is 45.6 Å². The van der Waals surface area contributed by atoms with Gasteiger partial charge in [-0.05, 0) is 52.0 Å². The lowest BCUT2D eigenvalue weighted by atomic mass is 10.2. The third kappa shape index (κ3) is 6.51. The summed E-state index contributed by atoms with van der Waals surface area (Å²) in [4.78, 5) is 41.9. The van der Waals surface area contributed by atoms with Gasteiger partial charge in [-0.15, -0.1) is 0 Å². The van der Waals surface area contributed by atoms with Crippen LogP contribution in [-0.2, 0) is 18.9 Å². The Balaban J connectivity index is 1.63. The minimum atomic E-state index is -0.908. The monoisotopic (exact) mass is 474 g/mol. The number of hydrogen-bond donors (Lipinski definition) is 0. The van der Waals surface area contributed by atoms with Crippen LogP contribution in [0.25, 0.3) is 0 Å². The van der Waals surface area contributed by atoms with Crippen LogP contribution in [0.4, 0.5) is 20.1 Å². The number of carbonyl (C=O) groups is 3. The molecular formula is C23H30N4O7. The molecule has 11 nitrogen and oxygen atoms in total. The van der Waals surface area contributed by atoms with Gasteiger partial charge in [0.05, 0.1) is 31.3 Å². The number of benzene rings is 1. The molecule has 2 aliphatic heterocycles. The first-order valence-electron chi connectivity index (χ1n) is 11.1. The average Bonchev–Trinajstić information content (AvgIpc) is 3.12. The van der Waals surface area contributed by atoms with E-state index in [9.17, 15) is 14.4 Å². The van der Waals surface area contributed by atoms with E-state index in [4.69, 9.17) is 24.2 Å². The summed E-state index contributed by atoms with van der Waals surface area (Å²) in [5, 5.41) is 8.95. The van der Waals surface area contributed by atoms with Gasteiger partial charge in [0.1, 0.15) is 11.7 Å². The summed E-state index contributed by atoms with van der Waals surface area (Å²) in [6.07, 6.45) is -3.25. The highest BCUT2D eigenvalue weighted by Gasteiger charge is 2.39. The molecule has 11 heteroatoms. The third-order valence-electron chi connectivity index (χ3n) is 5.19. The number of anilines is 1. The van der Waals surface area contributed by atoms with Crippen LogP contribution in [0, 0.1) is 11.3 Å². The van der Waals surface area contributed by atoms with E-state index in [1.54, 1.807) is 52.0 Å². The van der Waals surface area contributed by atoms with Crippen LogP contribution in [0.15, 0.2) is 24.3 Å². The fourth-order valence-corrected chi connectivity index (χ4v) is 3.69. The number of piperazine rings is 1. The van der Waals surface area contributed by atoms with Crippen molar-refractivity contribution in [2.75, 3.05) is 44.2 Å². The van der Waals surface area contributed by atoms with E-state index in [2.05, 4.69) is 0 Å². The van der Waals surface area contributed by atoms with Crippen LogP contribution in [-0.4, -0.2) is 85.4 Å². The Labute approximate surface area is 198 Å². The highest BCUT2D eigenvalue weighted by molar-refractivity contribution is 5.89. The standard InChI is InChI=1S/C23H30N4O7/c1-5-31-22(30)33-19-15-25(10-11-26(19)21(29)34-23(2,3)4)13-18-14-27(20(28)32-18)17-8-6-16(12-24)7-9-17/h6-9,18-19H,5,10-11,13-15H2,1-4H3. The molecule has 2 atom stereocenters. The molecule has 0 aromatic heterocycles. The van der Waals surface area contributed by atoms with Gasteiger partial charge < -0.3 is 18.9 Å². The average molecular weight is 475 g/mol. The van der Waals surface area contributed by atoms with Gasteiger partial charge in [-0.25, -0.2) is 14.4 Å². The van der Waals surface area contributed by atoms with Crippen LogP contribution >= 0.6 is 0 Å². The molecule has 0 bridgehead atoms. The molecule has 34 heavy (non-hydrogen) atoms. The van der Waals surface area contributed by atoms with Crippen molar-refractivity contribution < 1.29 is 33.3 Å². The maximum atomic E-state index is 12.7. The Kier molecular flexibility index (Phi) is 7.83. The summed E-state index contributed by atoms with van der Waals surface area (Å²) >= 11 is 0. The first-order chi connectivity index (χ1) is 16.1. The van der Waals surface area contributed by atoms with Crippen molar-refractivity contribution in [2.24, 2.45) is 0 Å². The van der Waals surface area contributed by atoms with E-state index in [0.29, 0.717) is 30.9 Å². The topological polar surface area (TPSA) is 122 Å². The van der Waals surface area contributed by atoms with Crippen LogP contribution < -0.4 is 4.90 Å². The second kappa shape index (κ2) is 10.6. The van der Waals surface area contributed by atoms with E-state index in [1.165, 1.54) is 9.80 Å². The second-order valence-electron chi connectivity index (χ2n) is 8.96. The normalized spacial score (nSPS) is 21.0. The largest absolute Gasteiger partial charge is 0.510 e. The SMILES string of the molecule is CCOC(=O)OC1CN(CC2CN(c3ccc(C#N)cc3)C(=O)O2)CCN1C(=O)OC(C)(C)C. The zero-order valence-corrected chi connectivity index (χ0v) is 19.9. The molecule has 184 valence electrons. The Morgan fingerprint density at radius 3 is 2.50 bits per heavy atom. The molecule has 2 unspecified atom stereocenters. The van der Waals surface area contributed by atoms with Gasteiger partial charge >= 0.3 is 18.3 Å². The van der Waals surface area contributed by atoms with Crippen LogP contribution in [0.1, 0.15) is 33.3 Å². The van der Waals surface area contributed by atoms with E-state index < -0.39 is 36.3 Å². The zero-order valence-electron chi connectivity index (χ0n) is 19.9. The third-order valence-corrected chi connectivity index (χ3v) is 5.19. The number of cyclic esters (lactones) is 1. The number of hydrogen-bond acceptors (Lipinski definition) is 9. The lowest BCUT2D eigenvalue weighted by molar-refractivity contribution is -0.0894. The Hall–Kier alpha value is -3.52. The number of amides is 2. The van der Waals surface area contributed by atoms with Gasteiger partial charge in [-0.1, -0.05) is 0 Å². The van der Waals surface area contributed by atoms with Crippen molar-refractivity contribution in [1.29, 1.82) is 5.26 Å². The molecule has 0 spiro atoms. The summed E-state index contributed by atoms with van der Waals surface area (Å²) in [7, 11) is 0. The molecule has 2 heterocycles. The molecule has 1 aromatic carbocycles. The van der Waals surface area contributed by atoms with Gasteiger partial charge in [-0.3, -0.25) is 14.7 Å². The van der Waals surface area contributed by atoms with E-state index in [1.807, 2.05) is 11.0 Å². The molecular weight excluding hydrogens is 444 g/mol. The summed E-state index contributed by atoms with van der Waals surface area (Å²) in [6, 6.07) is 8.73. The number of rotatable bonds is 5. The van der Waals surface area contributed by atoms with E-state index in [-0.39, 0.29) is 19.7 Å². The van der Waals surface area contributed by atoms with Crippen molar-refractivity contribution in [3.8, 4) is 6.07 Å². The predicted molar refractivity (Wildman–Crippen MR) is 120 cm³/mol.